The molecular formula is C16H27N3O. The molecule has 1 aromatic carbocycles. The molecule has 0 aliphatic carbocycles. The van der Waals surface area contributed by atoms with Gasteiger partial charge in [-0.3, -0.25) is 4.99 Å². The highest BCUT2D eigenvalue weighted by Crippen LogP contribution is 2.01. The van der Waals surface area contributed by atoms with Gasteiger partial charge >= 0.3 is 0 Å². The third-order valence-corrected chi connectivity index (χ3v) is 3.17. The number of hydrogen-bond donors (Lipinski definition) is 1. The number of ether oxygens (including phenoxy) is 1. The van der Waals surface area contributed by atoms with Crippen LogP contribution < -0.4 is 5.73 Å². The van der Waals surface area contributed by atoms with Crippen LogP contribution >= 0.6 is 0 Å². The summed E-state index contributed by atoms with van der Waals surface area (Å²) in [5, 5.41) is 0. The largest absolute Gasteiger partial charge is 0.377 e. The Hall–Kier alpha value is -1.55. The van der Waals surface area contributed by atoms with Crippen LogP contribution in [0.1, 0.15) is 32.3 Å². The van der Waals surface area contributed by atoms with Gasteiger partial charge in [0, 0.05) is 26.2 Å². The number of guanidine groups is 1. The fourth-order valence-electron chi connectivity index (χ4n) is 1.92. The minimum absolute atomic E-state index is 0.653. The van der Waals surface area contributed by atoms with E-state index in [4.69, 9.17) is 10.5 Å². The smallest absolute Gasteiger partial charge is 0.191 e. The van der Waals surface area contributed by atoms with Crippen molar-refractivity contribution >= 4 is 5.96 Å². The van der Waals surface area contributed by atoms with Gasteiger partial charge in [-0.2, -0.15) is 0 Å². The van der Waals surface area contributed by atoms with E-state index in [0.717, 1.165) is 39.1 Å². The molecule has 1 aromatic rings. The van der Waals surface area contributed by atoms with Crippen molar-refractivity contribution in [2.75, 3.05) is 26.2 Å². The first-order valence-corrected chi connectivity index (χ1v) is 7.44. The first-order chi connectivity index (χ1) is 9.77. The lowest BCUT2D eigenvalue weighted by atomic mass is 10.2. The van der Waals surface area contributed by atoms with Crippen molar-refractivity contribution in [3.63, 3.8) is 0 Å². The van der Waals surface area contributed by atoms with Crippen LogP contribution in [-0.2, 0) is 11.3 Å². The molecule has 0 atom stereocenters. The maximum absolute atomic E-state index is 5.90. The van der Waals surface area contributed by atoms with Crippen LogP contribution in [0.4, 0.5) is 0 Å². The molecule has 0 saturated carbocycles. The van der Waals surface area contributed by atoms with Crippen molar-refractivity contribution in [1.82, 2.24) is 4.90 Å². The predicted octanol–water partition coefficient (Wildman–Crippen LogP) is 2.64. The summed E-state index contributed by atoms with van der Waals surface area (Å²) >= 11 is 0. The lowest BCUT2D eigenvalue weighted by Gasteiger charge is -2.19. The number of nitrogens with two attached hydrogens (primary N) is 1. The number of hydrogen-bond acceptors (Lipinski definition) is 2. The summed E-state index contributed by atoms with van der Waals surface area (Å²) in [6.45, 7) is 8.23. The molecule has 112 valence electrons. The Kier molecular flexibility index (Phi) is 8.47. The summed E-state index contributed by atoms with van der Waals surface area (Å²) in [6.07, 6.45) is 2.03. The van der Waals surface area contributed by atoms with E-state index in [1.807, 2.05) is 18.2 Å². The zero-order chi connectivity index (χ0) is 14.6. The second-order valence-corrected chi connectivity index (χ2v) is 4.66. The number of benzene rings is 1. The molecule has 0 unspecified atom stereocenters. The van der Waals surface area contributed by atoms with Crippen LogP contribution in [0.2, 0.25) is 0 Å². The van der Waals surface area contributed by atoms with Crippen molar-refractivity contribution < 1.29 is 4.74 Å². The average molecular weight is 277 g/mol. The molecule has 0 radical (unpaired) electrons. The van der Waals surface area contributed by atoms with Gasteiger partial charge in [0.05, 0.1) is 6.61 Å². The van der Waals surface area contributed by atoms with Crippen LogP contribution in [0, 0.1) is 0 Å². The maximum atomic E-state index is 5.90. The first kappa shape index (κ1) is 16.5. The standard InChI is InChI=1S/C16H27N3O/c1-3-19(4-2)16(17)18-12-8-9-13-20-14-15-10-6-5-7-11-15/h5-7,10-11H,3-4,8-9,12-14H2,1-2H3,(H2,17,18). The zero-order valence-corrected chi connectivity index (χ0v) is 12.7. The molecule has 0 fully saturated rings. The zero-order valence-electron chi connectivity index (χ0n) is 12.7. The molecule has 0 aromatic heterocycles. The van der Waals surface area contributed by atoms with Crippen molar-refractivity contribution in [3.8, 4) is 0 Å². The summed E-state index contributed by atoms with van der Waals surface area (Å²) < 4.78 is 5.63. The van der Waals surface area contributed by atoms with E-state index in [1.165, 1.54) is 5.56 Å². The van der Waals surface area contributed by atoms with E-state index in [0.29, 0.717) is 12.6 Å². The second-order valence-electron chi connectivity index (χ2n) is 4.66. The number of rotatable bonds is 9. The molecule has 0 amide bonds. The fourth-order valence-corrected chi connectivity index (χ4v) is 1.92. The molecular weight excluding hydrogens is 250 g/mol. The van der Waals surface area contributed by atoms with E-state index >= 15 is 0 Å². The Morgan fingerprint density at radius 2 is 1.85 bits per heavy atom. The summed E-state index contributed by atoms with van der Waals surface area (Å²) in [5.74, 6) is 0.653. The molecule has 0 spiro atoms. The summed E-state index contributed by atoms with van der Waals surface area (Å²) in [7, 11) is 0. The summed E-state index contributed by atoms with van der Waals surface area (Å²) in [5.41, 5.74) is 7.12. The van der Waals surface area contributed by atoms with Crippen LogP contribution in [0.5, 0.6) is 0 Å². The van der Waals surface area contributed by atoms with Crippen LogP contribution in [-0.4, -0.2) is 37.1 Å². The monoisotopic (exact) mass is 277 g/mol. The van der Waals surface area contributed by atoms with Crippen LogP contribution in [0.15, 0.2) is 35.3 Å². The molecule has 4 nitrogen and oxygen atoms in total. The van der Waals surface area contributed by atoms with E-state index < -0.39 is 0 Å². The average Bonchev–Trinajstić information content (AvgIpc) is 2.48. The Labute approximate surface area is 122 Å². The lowest BCUT2D eigenvalue weighted by molar-refractivity contribution is 0.117. The SMILES string of the molecule is CCN(CC)C(N)=NCCCCOCc1ccccc1. The summed E-state index contributed by atoms with van der Waals surface area (Å²) in [6, 6.07) is 10.2. The fraction of sp³-hybridized carbons (Fsp3) is 0.562. The number of aliphatic imine (C=N–C) groups is 1. The second kappa shape index (κ2) is 10.3. The Balaban J connectivity index is 2.06. The minimum Gasteiger partial charge on any atom is -0.377 e. The molecule has 0 aliphatic rings. The number of nitrogens with zero attached hydrogens (tertiary/aromatic N) is 2. The third kappa shape index (κ3) is 6.57. The van der Waals surface area contributed by atoms with E-state index in [-0.39, 0.29) is 0 Å². The van der Waals surface area contributed by atoms with Gasteiger partial charge in [0.1, 0.15) is 0 Å². The van der Waals surface area contributed by atoms with Gasteiger partial charge in [-0.1, -0.05) is 30.3 Å². The Morgan fingerprint density at radius 3 is 2.50 bits per heavy atom. The number of unbranched alkanes of at least 4 members (excludes halogenated alkanes) is 1. The maximum Gasteiger partial charge on any atom is 0.191 e. The first-order valence-electron chi connectivity index (χ1n) is 7.44. The van der Waals surface area contributed by atoms with Gasteiger partial charge < -0.3 is 15.4 Å². The molecule has 1 rings (SSSR count). The Bertz CT molecular complexity index is 375. The van der Waals surface area contributed by atoms with Gasteiger partial charge in [0.15, 0.2) is 5.96 Å². The van der Waals surface area contributed by atoms with Gasteiger partial charge in [0.25, 0.3) is 0 Å². The van der Waals surface area contributed by atoms with E-state index in [1.54, 1.807) is 0 Å². The Morgan fingerprint density at radius 1 is 1.15 bits per heavy atom. The lowest BCUT2D eigenvalue weighted by Crippen LogP contribution is -2.37. The molecule has 2 N–H and O–H groups in total. The van der Waals surface area contributed by atoms with Crippen LogP contribution in [0.3, 0.4) is 0 Å². The minimum atomic E-state index is 0.653. The third-order valence-electron chi connectivity index (χ3n) is 3.17. The topological polar surface area (TPSA) is 50.8 Å². The quantitative estimate of drug-likeness (QED) is 0.429. The predicted molar refractivity (Wildman–Crippen MR) is 84.7 cm³/mol. The summed E-state index contributed by atoms with van der Waals surface area (Å²) in [4.78, 5) is 6.45. The highest BCUT2D eigenvalue weighted by Gasteiger charge is 2.00. The molecule has 0 heterocycles. The normalized spacial score (nSPS) is 11.6. The molecule has 0 aliphatic heterocycles. The van der Waals surface area contributed by atoms with Gasteiger partial charge in [0.2, 0.25) is 0 Å². The molecule has 20 heavy (non-hydrogen) atoms. The molecule has 0 bridgehead atoms. The molecule has 0 saturated heterocycles. The van der Waals surface area contributed by atoms with Crippen molar-refractivity contribution in [2.45, 2.75) is 33.3 Å². The van der Waals surface area contributed by atoms with Gasteiger partial charge in [-0.25, -0.2) is 0 Å². The van der Waals surface area contributed by atoms with Gasteiger partial charge in [-0.15, -0.1) is 0 Å². The van der Waals surface area contributed by atoms with E-state index in [2.05, 4.69) is 35.9 Å². The van der Waals surface area contributed by atoms with Gasteiger partial charge in [-0.05, 0) is 32.3 Å². The van der Waals surface area contributed by atoms with Crippen molar-refractivity contribution in [2.24, 2.45) is 10.7 Å². The van der Waals surface area contributed by atoms with Crippen molar-refractivity contribution in [3.05, 3.63) is 35.9 Å². The van der Waals surface area contributed by atoms with Crippen LogP contribution in [0.25, 0.3) is 0 Å². The van der Waals surface area contributed by atoms with E-state index in [9.17, 15) is 0 Å². The highest BCUT2D eigenvalue weighted by molar-refractivity contribution is 5.77. The molecule has 4 heteroatoms. The highest BCUT2D eigenvalue weighted by atomic mass is 16.5. The van der Waals surface area contributed by atoms with Crippen molar-refractivity contribution in [1.29, 1.82) is 0 Å².